The van der Waals surface area contributed by atoms with Crippen molar-refractivity contribution in [2.24, 2.45) is 5.92 Å². The van der Waals surface area contributed by atoms with Crippen LogP contribution in [0.5, 0.6) is 0 Å². The van der Waals surface area contributed by atoms with Crippen LogP contribution in [-0.2, 0) is 4.74 Å². The van der Waals surface area contributed by atoms with Crippen molar-refractivity contribution >= 4 is 0 Å². The molecule has 0 spiro atoms. The third-order valence-electron chi connectivity index (χ3n) is 2.39. The number of nitrogens with one attached hydrogen (secondary N) is 1. The molecule has 0 aromatic rings. The van der Waals surface area contributed by atoms with Crippen molar-refractivity contribution in [3.8, 4) is 0 Å². The van der Waals surface area contributed by atoms with Gasteiger partial charge in [0.05, 0.1) is 12.7 Å². The summed E-state index contributed by atoms with van der Waals surface area (Å²) in [6.45, 7) is 7.76. The summed E-state index contributed by atoms with van der Waals surface area (Å²) in [5.74, 6) is 0.531. The molecule has 0 rings (SSSR count). The van der Waals surface area contributed by atoms with Crippen LogP contribution in [0, 0.1) is 5.92 Å². The van der Waals surface area contributed by atoms with Gasteiger partial charge < -0.3 is 15.2 Å². The van der Waals surface area contributed by atoms with E-state index in [1.54, 1.807) is 7.11 Å². The van der Waals surface area contributed by atoms with Crippen LogP contribution < -0.4 is 5.32 Å². The van der Waals surface area contributed by atoms with Gasteiger partial charge in [0.15, 0.2) is 0 Å². The van der Waals surface area contributed by atoms with Crippen LogP contribution in [0.2, 0.25) is 0 Å². The van der Waals surface area contributed by atoms with E-state index in [9.17, 15) is 5.11 Å². The van der Waals surface area contributed by atoms with Crippen LogP contribution >= 0.6 is 0 Å². The second kappa shape index (κ2) is 8.21. The summed E-state index contributed by atoms with van der Waals surface area (Å²) in [5.41, 5.74) is 0. The first kappa shape index (κ1) is 13.9. The molecule has 0 amide bonds. The molecular formula is C11H25NO2. The minimum absolute atomic E-state index is 0.224. The molecule has 3 nitrogen and oxygen atoms in total. The second-order valence-electron chi connectivity index (χ2n) is 4.16. The standard InChI is InChI=1S/C11H25NO2/c1-5-6-10(13)7-12-11(8-14-4)9(2)3/h9-13H,5-8H2,1-4H3. The molecule has 0 aliphatic carbocycles. The normalized spacial score (nSPS) is 15.9. The van der Waals surface area contributed by atoms with E-state index in [0.29, 0.717) is 25.1 Å². The largest absolute Gasteiger partial charge is 0.392 e. The van der Waals surface area contributed by atoms with Crippen LogP contribution in [0.15, 0.2) is 0 Å². The maximum atomic E-state index is 9.54. The molecule has 2 unspecified atom stereocenters. The number of hydrogen-bond donors (Lipinski definition) is 2. The molecule has 0 saturated carbocycles. The molecule has 0 radical (unpaired) electrons. The van der Waals surface area contributed by atoms with Gasteiger partial charge in [-0.2, -0.15) is 0 Å². The van der Waals surface area contributed by atoms with Gasteiger partial charge in [-0.05, 0) is 12.3 Å². The predicted octanol–water partition coefficient (Wildman–Crippen LogP) is 1.41. The van der Waals surface area contributed by atoms with Crippen molar-refractivity contribution in [2.45, 2.75) is 45.8 Å². The Labute approximate surface area is 87.8 Å². The molecule has 2 atom stereocenters. The molecule has 0 heterocycles. The Balaban J connectivity index is 3.69. The molecule has 0 saturated heterocycles. The van der Waals surface area contributed by atoms with Crippen LogP contribution in [0.1, 0.15) is 33.6 Å². The minimum atomic E-state index is -0.224. The van der Waals surface area contributed by atoms with Crippen LogP contribution in [0.3, 0.4) is 0 Å². The zero-order valence-electron chi connectivity index (χ0n) is 9.92. The Bertz CT molecular complexity index is 128. The lowest BCUT2D eigenvalue weighted by atomic mass is 10.0. The van der Waals surface area contributed by atoms with Crippen LogP contribution in [0.25, 0.3) is 0 Å². The summed E-state index contributed by atoms with van der Waals surface area (Å²) in [5, 5.41) is 12.9. The third kappa shape index (κ3) is 6.35. The smallest absolute Gasteiger partial charge is 0.0664 e. The highest BCUT2D eigenvalue weighted by atomic mass is 16.5. The molecule has 0 aliphatic rings. The molecule has 0 fully saturated rings. The van der Waals surface area contributed by atoms with Crippen molar-refractivity contribution in [1.82, 2.24) is 5.32 Å². The van der Waals surface area contributed by atoms with Crippen LogP contribution in [0.4, 0.5) is 0 Å². The topological polar surface area (TPSA) is 41.5 Å². The fourth-order valence-electron chi connectivity index (χ4n) is 1.39. The number of methoxy groups -OCH3 is 1. The molecule has 3 heteroatoms. The summed E-state index contributed by atoms with van der Waals surface area (Å²) < 4.78 is 5.11. The zero-order chi connectivity index (χ0) is 11.0. The van der Waals surface area contributed by atoms with E-state index in [4.69, 9.17) is 4.74 Å². The highest BCUT2D eigenvalue weighted by Crippen LogP contribution is 2.03. The van der Waals surface area contributed by atoms with Gasteiger partial charge in [0.25, 0.3) is 0 Å². The Morgan fingerprint density at radius 2 is 2.00 bits per heavy atom. The van der Waals surface area contributed by atoms with Gasteiger partial charge in [-0.3, -0.25) is 0 Å². The van der Waals surface area contributed by atoms with Gasteiger partial charge in [0.2, 0.25) is 0 Å². The van der Waals surface area contributed by atoms with E-state index < -0.39 is 0 Å². The average molecular weight is 203 g/mol. The van der Waals surface area contributed by atoms with Crippen molar-refractivity contribution in [3.05, 3.63) is 0 Å². The fourth-order valence-corrected chi connectivity index (χ4v) is 1.39. The monoisotopic (exact) mass is 203 g/mol. The Kier molecular flexibility index (Phi) is 8.14. The first-order valence-electron chi connectivity index (χ1n) is 5.52. The van der Waals surface area contributed by atoms with E-state index in [0.717, 1.165) is 12.8 Å². The maximum Gasteiger partial charge on any atom is 0.0664 e. The Morgan fingerprint density at radius 1 is 1.36 bits per heavy atom. The number of aliphatic hydroxyl groups excluding tert-OH is 1. The molecule has 0 aliphatic heterocycles. The molecule has 0 aromatic heterocycles. The predicted molar refractivity (Wildman–Crippen MR) is 59.4 cm³/mol. The van der Waals surface area contributed by atoms with E-state index in [2.05, 4.69) is 26.1 Å². The molecule has 14 heavy (non-hydrogen) atoms. The summed E-state index contributed by atoms with van der Waals surface area (Å²) in [7, 11) is 1.71. The lowest BCUT2D eigenvalue weighted by Gasteiger charge is -2.23. The van der Waals surface area contributed by atoms with Crippen molar-refractivity contribution < 1.29 is 9.84 Å². The van der Waals surface area contributed by atoms with Gasteiger partial charge in [-0.25, -0.2) is 0 Å². The first-order valence-corrected chi connectivity index (χ1v) is 5.52. The van der Waals surface area contributed by atoms with Gasteiger partial charge in [-0.1, -0.05) is 27.2 Å². The van der Waals surface area contributed by atoms with Gasteiger partial charge in [0, 0.05) is 19.7 Å². The number of ether oxygens (including phenoxy) is 1. The first-order chi connectivity index (χ1) is 6.61. The summed E-state index contributed by atoms with van der Waals surface area (Å²) in [6.07, 6.45) is 1.67. The average Bonchev–Trinajstić information content (AvgIpc) is 2.12. The van der Waals surface area contributed by atoms with E-state index in [1.165, 1.54) is 0 Å². The van der Waals surface area contributed by atoms with E-state index >= 15 is 0 Å². The lowest BCUT2D eigenvalue weighted by Crippen LogP contribution is -2.41. The van der Waals surface area contributed by atoms with Crippen molar-refractivity contribution in [3.63, 3.8) is 0 Å². The van der Waals surface area contributed by atoms with Crippen molar-refractivity contribution in [2.75, 3.05) is 20.3 Å². The summed E-state index contributed by atoms with van der Waals surface area (Å²) in [6, 6.07) is 0.339. The number of aliphatic hydroxyl groups is 1. The van der Waals surface area contributed by atoms with E-state index in [1.807, 2.05) is 0 Å². The Hall–Kier alpha value is -0.120. The number of rotatable bonds is 8. The SMILES string of the molecule is CCCC(O)CNC(COC)C(C)C. The third-order valence-corrected chi connectivity index (χ3v) is 2.39. The quantitative estimate of drug-likeness (QED) is 0.626. The fraction of sp³-hybridized carbons (Fsp3) is 1.00. The molecular weight excluding hydrogens is 178 g/mol. The summed E-state index contributed by atoms with van der Waals surface area (Å²) >= 11 is 0. The van der Waals surface area contributed by atoms with Crippen LogP contribution in [-0.4, -0.2) is 37.5 Å². The van der Waals surface area contributed by atoms with Gasteiger partial charge in [0.1, 0.15) is 0 Å². The number of hydrogen-bond acceptors (Lipinski definition) is 3. The lowest BCUT2D eigenvalue weighted by molar-refractivity contribution is 0.120. The zero-order valence-corrected chi connectivity index (χ0v) is 9.92. The molecule has 0 bridgehead atoms. The minimum Gasteiger partial charge on any atom is -0.392 e. The van der Waals surface area contributed by atoms with Gasteiger partial charge >= 0.3 is 0 Å². The molecule has 0 aromatic carbocycles. The highest BCUT2D eigenvalue weighted by Gasteiger charge is 2.13. The summed E-state index contributed by atoms with van der Waals surface area (Å²) in [4.78, 5) is 0. The van der Waals surface area contributed by atoms with Crippen molar-refractivity contribution in [1.29, 1.82) is 0 Å². The van der Waals surface area contributed by atoms with Gasteiger partial charge in [-0.15, -0.1) is 0 Å². The van der Waals surface area contributed by atoms with E-state index in [-0.39, 0.29) is 6.10 Å². The Morgan fingerprint density at radius 3 is 2.43 bits per heavy atom. The molecule has 86 valence electrons. The molecule has 2 N–H and O–H groups in total. The second-order valence-corrected chi connectivity index (χ2v) is 4.16. The maximum absolute atomic E-state index is 9.54. The highest BCUT2D eigenvalue weighted by molar-refractivity contribution is 4.71.